The van der Waals surface area contributed by atoms with E-state index < -0.39 is 0 Å². The topological polar surface area (TPSA) is 49.4 Å². The fourth-order valence-electron chi connectivity index (χ4n) is 4.31. The number of benzene rings is 2. The molecular formula is C22H21NO5. The van der Waals surface area contributed by atoms with Crippen molar-refractivity contribution in [1.82, 2.24) is 4.90 Å². The maximum absolute atomic E-state index is 5.73. The smallest absolute Gasteiger partial charge is 0.231 e. The second-order valence-electron chi connectivity index (χ2n) is 6.92. The molecule has 0 radical (unpaired) electrons. The Hall–Kier alpha value is -3.28. The predicted octanol–water partition coefficient (Wildman–Crippen LogP) is 2.04. The van der Waals surface area contributed by atoms with Crippen LogP contribution in [0.3, 0.4) is 0 Å². The molecule has 0 amide bonds. The Balaban J connectivity index is 1.84. The van der Waals surface area contributed by atoms with E-state index in [-0.39, 0.29) is 12.8 Å². The summed E-state index contributed by atoms with van der Waals surface area (Å²) in [6.45, 7) is 0.263. The molecule has 2 aromatic carbocycles. The molecule has 3 aliphatic rings. The fourth-order valence-corrected chi connectivity index (χ4v) is 4.31. The van der Waals surface area contributed by atoms with Crippen LogP contribution >= 0.6 is 0 Å². The van der Waals surface area contributed by atoms with Crippen molar-refractivity contribution in [2.75, 3.05) is 35.2 Å². The second kappa shape index (κ2) is 6.12. The Bertz CT molecular complexity index is 1130. The monoisotopic (exact) mass is 379 g/mol. The Morgan fingerprint density at radius 2 is 1.68 bits per heavy atom. The highest BCUT2D eigenvalue weighted by molar-refractivity contribution is 5.82. The molecule has 144 valence electrons. The zero-order chi connectivity index (χ0) is 19.4. The van der Waals surface area contributed by atoms with Gasteiger partial charge in [0, 0.05) is 29.8 Å². The maximum Gasteiger partial charge on any atom is 0.231 e. The number of ether oxygens (including phenoxy) is 5. The van der Waals surface area contributed by atoms with E-state index in [1.807, 2.05) is 12.1 Å². The van der Waals surface area contributed by atoms with E-state index in [4.69, 9.17) is 23.7 Å². The van der Waals surface area contributed by atoms with E-state index >= 15 is 0 Å². The first-order valence-corrected chi connectivity index (χ1v) is 9.05. The summed E-state index contributed by atoms with van der Waals surface area (Å²) in [5.74, 6) is 3.67. The third-order valence-electron chi connectivity index (χ3n) is 5.53. The van der Waals surface area contributed by atoms with E-state index in [0.29, 0.717) is 11.5 Å². The van der Waals surface area contributed by atoms with Gasteiger partial charge in [0.05, 0.1) is 27.4 Å². The molecule has 2 heterocycles. The van der Waals surface area contributed by atoms with Gasteiger partial charge in [-0.2, -0.15) is 0 Å². The lowest BCUT2D eigenvalue weighted by molar-refractivity contribution is 0.174. The van der Waals surface area contributed by atoms with E-state index in [1.54, 1.807) is 21.3 Å². The molecule has 28 heavy (non-hydrogen) atoms. The maximum atomic E-state index is 5.73. The van der Waals surface area contributed by atoms with Gasteiger partial charge in [0.2, 0.25) is 6.79 Å². The van der Waals surface area contributed by atoms with E-state index in [9.17, 15) is 0 Å². The number of hydrogen-bond donors (Lipinski definition) is 0. The van der Waals surface area contributed by atoms with Crippen molar-refractivity contribution >= 4 is 17.8 Å². The largest absolute Gasteiger partial charge is 0.496 e. The zero-order valence-corrected chi connectivity index (χ0v) is 16.2. The van der Waals surface area contributed by atoms with Gasteiger partial charge in [-0.15, -0.1) is 0 Å². The van der Waals surface area contributed by atoms with E-state index in [1.165, 1.54) is 5.56 Å². The third-order valence-corrected chi connectivity index (χ3v) is 5.53. The predicted molar refractivity (Wildman–Crippen MR) is 105 cm³/mol. The first-order valence-electron chi connectivity index (χ1n) is 9.05. The first-order chi connectivity index (χ1) is 13.7. The van der Waals surface area contributed by atoms with Gasteiger partial charge < -0.3 is 28.6 Å². The van der Waals surface area contributed by atoms with Crippen LogP contribution in [0.25, 0.3) is 17.8 Å². The minimum Gasteiger partial charge on any atom is -0.496 e. The number of fused-ring (bicyclic) bond motifs is 5. The highest BCUT2D eigenvalue weighted by Crippen LogP contribution is 2.44. The molecule has 0 bridgehead atoms. The number of methoxy groups -OCH3 is 3. The Labute approximate surface area is 162 Å². The summed E-state index contributed by atoms with van der Waals surface area (Å²) < 4.78 is 28.1. The van der Waals surface area contributed by atoms with Gasteiger partial charge in [0.15, 0.2) is 23.0 Å². The van der Waals surface area contributed by atoms with Gasteiger partial charge in [-0.05, 0) is 28.8 Å². The minimum absolute atomic E-state index is 0.0361. The average Bonchev–Trinajstić information content (AvgIpc) is 3.17. The van der Waals surface area contributed by atoms with Crippen molar-refractivity contribution in [3.63, 3.8) is 0 Å². The molecule has 6 nitrogen and oxygen atoms in total. The lowest BCUT2D eigenvalue weighted by Crippen LogP contribution is -2.41. The molecule has 2 aliphatic heterocycles. The molecule has 0 N–H and O–H groups in total. The molecule has 1 unspecified atom stereocenters. The molecule has 2 aromatic rings. The van der Waals surface area contributed by atoms with Crippen LogP contribution in [0.2, 0.25) is 0 Å². The Kier molecular flexibility index (Phi) is 3.69. The van der Waals surface area contributed by atoms with Crippen molar-refractivity contribution in [3.05, 3.63) is 45.8 Å². The molecule has 0 fully saturated rings. The van der Waals surface area contributed by atoms with Crippen LogP contribution in [0.5, 0.6) is 28.7 Å². The van der Waals surface area contributed by atoms with Gasteiger partial charge in [-0.25, -0.2) is 0 Å². The summed E-state index contributed by atoms with van der Waals surface area (Å²) in [5.41, 5.74) is 3.44. The summed E-state index contributed by atoms with van der Waals surface area (Å²) in [7, 11) is 7.02. The standard InChI is InChI=1S/C22H21NO5/c1-23-10-15-20(18(24-2)9-19(25-3)22(15)26-4)13-6-5-12-7-16-17(28-11-27-16)8-14(12)21(13)23/h5-10,21H,11H2,1-4H3. The van der Waals surface area contributed by atoms with Gasteiger partial charge in [-0.1, -0.05) is 12.2 Å². The zero-order valence-electron chi connectivity index (χ0n) is 16.2. The van der Waals surface area contributed by atoms with Crippen LogP contribution in [0.1, 0.15) is 17.2 Å². The Morgan fingerprint density at radius 1 is 0.929 bits per heavy atom. The molecule has 5 rings (SSSR count). The van der Waals surface area contributed by atoms with Crippen molar-refractivity contribution < 1.29 is 23.7 Å². The number of nitrogens with zero attached hydrogens (tertiary/aromatic N) is 1. The van der Waals surface area contributed by atoms with Crippen molar-refractivity contribution in [1.29, 1.82) is 0 Å². The van der Waals surface area contributed by atoms with Gasteiger partial charge in [-0.3, -0.25) is 0 Å². The van der Waals surface area contributed by atoms with E-state index in [0.717, 1.165) is 38.8 Å². The molecular weight excluding hydrogens is 358 g/mol. The first kappa shape index (κ1) is 16.9. The van der Waals surface area contributed by atoms with Gasteiger partial charge >= 0.3 is 0 Å². The van der Waals surface area contributed by atoms with Crippen LogP contribution in [-0.2, 0) is 0 Å². The summed E-state index contributed by atoms with van der Waals surface area (Å²) in [4.78, 5) is 2.18. The highest BCUT2D eigenvalue weighted by atomic mass is 16.7. The molecule has 0 saturated carbocycles. The number of rotatable bonds is 3. The van der Waals surface area contributed by atoms with E-state index in [2.05, 4.69) is 36.4 Å². The fraction of sp³-hybridized carbons (Fsp3) is 0.273. The van der Waals surface area contributed by atoms with Crippen LogP contribution in [0.15, 0.2) is 24.3 Å². The summed E-state index contributed by atoms with van der Waals surface area (Å²) in [6, 6.07) is 6.03. The minimum atomic E-state index is 0.0361. The summed E-state index contributed by atoms with van der Waals surface area (Å²) in [5, 5.41) is 1.96. The van der Waals surface area contributed by atoms with Crippen LogP contribution in [-0.4, -0.2) is 40.1 Å². The van der Waals surface area contributed by atoms with Crippen LogP contribution in [0.4, 0.5) is 0 Å². The molecule has 1 aliphatic carbocycles. The molecule has 0 saturated heterocycles. The molecule has 0 aromatic heterocycles. The quantitative estimate of drug-likeness (QED) is 0.814. The summed E-state index contributed by atoms with van der Waals surface area (Å²) >= 11 is 0. The third kappa shape index (κ3) is 2.21. The van der Waals surface area contributed by atoms with Crippen LogP contribution in [0, 0.1) is 0 Å². The lowest BCUT2D eigenvalue weighted by Gasteiger charge is -2.35. The lowest BCUT2D eigenvalue weighted by atomic mass is 9.84. The molecule has 0 spiro atoms. The SMILES string of the molecule is COc1cc(OC)c2c(c1OC)=CN(C)C1C=2C=Cc2cc3c(cc21)OCO3. The average molecular weight is 379 g/mol. The van der Waals surface area contributed by atoms with Crippen LogP contribution < -0.4 is 34.1 Å². The normalized spacial score (nSPS) is 18.1. The van der Waals surface area contributed by atoms with Gasteiger partial charge in [0.25, 0.3) is 0 Å². The number of hydrogen-bond acceptors (Lipinski definition) is 6. The summed E-state index contributed by atoms with van der Waals surface area (Å²) in [6.07, 6.45) is 6.34. The van der Waals surface area contributed by atoms with Crippen molar-refractivity contribution in [3.8, 4) is 28.7 Å². The highest BCUT2D eigenvalue weighted by Gasteiger charge is 2.31. The van der Waals surface area contributed by atoms with Crippen molar-refractivity contribution in [2.45, 2.75) is 6.04 Å². The van der Waals surface area contributed by atoms with Crippen molar-refractivity contribution in [2.24, 2.45) is 0 Å². The molecule has 1 atom stereocenters. The molecule has 6 heteroatoms. The van der Waals surface area contributed by atoms with Gasteiger partial charge in [0.1, 0.15) is 5.75 Å². The second-order valence-corrected chi connectivity index (χ2v) is 6.92. The Morgan fingerprint density at radius 3 is 2.39 bits per heavy atom.